The number of H-pyrrole nitrogens is 1. The first-order valence-corrected chi connectivity index (χ1v) is 9.49. The van der Waals surface area contributed by atoms with Gasteiger partial charge in [0.05, 0.1) is 23.4 Å². The molecule has 2 N–H and O–H groups in total. The van der Waals surface area contributed by atoms with Gasteiger partial charge in [0.2, 0.25) is 5.91 Å². The van der Waals surface area contributed by atoms with Crippen LogP contribution < -0.4 is 5.32 Å². The molecule has 140 valence electrons. The highest BCUT2D eigenvalue weighted by atomic mass is 16.2. The quantitative estimate of drug-likeness (QED) is 0.631. The molecule has 1 amide bonds. The molecule has 27 heavy (non-hydrogen) atoms. The number of fused-ring (bicyclic) bond motifs is 1. The molecule has 0 aliphatic heterocycles. The number of para-hydroxylation sites is 1. The molecule has 1 aliphatic rings. The van der Waals surface area contributed by atoms with Gasteiger partial charge in [0, 0.05) is 23.1 Å². The highest BCUT2D eigenvalue weighted by Gasteiger charge is 2.26. The molecule has 3 aromatic rings. The van der Waals surface area contributed by atoms with Crippen molar-refractivity contribution in [3.63, 3.8) is 0 Å². The Kier molecular flexibility index (Phi) is 4.56. The lowest BCUT2D eigenvalue weighted by molar-refractivity contribution is -0.121. The van der Waals surface area contributed by atoms with E-state index in [1.54, 1.807) is 13.1 Å². The summed E-state index contributed by atoms with van der Waals surface area (Å²) >= 11 is 0. The van der Waals surface area contributed by atoms with Gasteiger partial charge in [-0.3, -0.25) is 14.7 Å². The maximum Gasteiger partial charge on any atom is 0.240 e. The highest BCUT2D eigenvalue weighted by Crippen LogP contribution is 2.38. The third-order valence-electron chi connectivity index (χ3n) is 5.18. The minimum Gasteiger partial charge on any atom is -0.349 e. The minimum atomic E-state index is -0.0875. The number of hydrogen-bond acceptors (Lipinski definition) is 3. The van der Waals surface area contributed by atoms with Crippen LogP contribution in [0.15, 0.2) is 30.5 Å². The van der Waals surface area contributed by atoms with Crippen molar-refractivity contribution in [2.75, 3.05) is 0 Å². The molecule has 1 saturated carbocycles. The number of amides is 1. The Hall–Kier alpha value is -2.89. The predicted molar refractivity (Wildman–Crippen MR) is 104 cm³/mol. The number of benzene rings is 1. The van der Waals surface area contributed by atoms with Gasteiger partial charge in [-0.15, -0.1) is 0 Å². The molecule has 0 radical (unpaired) electrons. The van der Waals surface area contributed by atoms with Gasteiger partial charge in [0.15, 0.2) is 5.78 Å². The molecule has 6 heteroatoms. The van der Waals surface area contributed by atoms with Gasteiger partial charge < -0.3 is 9.88 Å². The zero-order valence-corrected chi connectivity index (χ0v) is 15.7. The van der Waals surface area contributed by atoms with Gasteiger partial charge in [-0.25, -0.2) is 0 Å². The van der Waals surface area contributed by atoms with E-state index in [0.29, 0.717) is 18.0 Å². The van der Waals surface area contributed by atoms with Crippen molar-refractivity contribution in [1.29, 1.82) is 0 Å². The fourth-order valence-electron chi connectivity index (χ4n) is 3.59. The summed E-state index contributed by atoms with van der Waals surface area (Å²) in [7, 11) is 0. The zero-order chi connectivity index (χ0) is 19.0. The summed E-state index contributed by atoms with van der Waals surface area (Å²) in [4.78, 5) is 24.5. The Morgan fingerprint density at radius 2 is 2.15 bits per heavy atom. The Morgan fingerprint density at radius 1 is 1.33 bits per heavy atom. The summed E-state index contributed by atoms with van der Waals surface area (Å²) in [6.07, 6.45) is 5.05. The molecular weight excluding hydrogens is 340 g/mol. The SMILES string of the molecule is CCc1cccc2c(C(C)=O)cn(CC(=O)NCc3cc(C4CC4)n[nH]3)c12. The van der Waals surface area contributed by atoms with Crippen LogP contribution in [0.2, 0.25) is 0 Å². The molecule has 0 bridgehead atoms. The van der Waals surface area contributed by atoms with Crippen LogP contribution >= 0.6 is 0 Å². The van der Waals surface area contributed by atoms with Crippen molar-refractivity contribution in [3.05, 3.63) is 53.0 Å². The predicted octanol–water partition coefficient (Wildman–Crippen LogP) is 3.32. The molecule has 2 aromatic heterocycles. The number of nitrogens with zero attached hydrogens (tertiary/aromatic N) is 2. The molecular formula is C21H24N4O2. The Labute approximate surface area is 158 Å². The summed E-state index contributed by atoms with van der Waals surface area (Å²) in [5.41, 5.74) is 4.78. The lowest BCUT2D eigenvalue weighted by Crippen LogP contribution is -2.27. The number of hydrogen-bond donors (Lipinski definition) is 2. The van der Waals surface area contributed by atoms with Gasteiger partial charge in [-0.2, -0.15) is 5.10 Å². The van der Waals surface area contributed by atoms with Gasteiger partial charge >= 0.3 is 0 Å². The fraction of sp³-hybridized carbons (Fsp3) is 0.381. The number of nitrogens with one attached hydrogen (secondary N) is 2. The Balaban J connectivity index is 1.51. The topological polar surface area (TPSA) is 79.8 Å². The normalized spacial score (nSPS) is 13.9. The van der Waals surface area contributed by atoms with E-state index in [4.69, 9.17) is 0 Å². The van der Waals surface area contributed by atoms with Crippen LogP contribution in [-0.4, -0.2) is 26.5 Å². The second kappa shape index (κ2) is 7.02. The highest BCUT2D eigenvalue weighted by molar-refractivity contribution is 6.07. The number of ketones is 1. The Morgan fingerprint density at radius 3 is 2.85 bits per heavy atom. The van der Waals surface area contributed by atoms with Crippen molar-refractivity contribution in [3.8, 4) is 0 Å². The first kappa shape index (κ1) is 17.5. The monoisotopic (exact) mass is 364 g/mol. The summed E-state index contributed by atoms with van der Waals surface area (Å²) < 4.78 is 1.89. The van der Waals surface area contributed by atoms with E-state index in [0.717, 1.165) is 34.3 Å². The van der Waals surface area contributed by atoms with Gasteiger partial charge in [0.25, 0.3) is 0 Å². The number of aryl methyl sites for hydroxylation is 1. The summed E-state index contributed by atoms with van der Waals surface area (Å²) in [5, 5.41) is 11.2. The summed E-state index contributed by atoms with van der Waals surface area (Å²) in [5.74, 6) is 0.516. The van der Waals surface area contributed by atoms with E-state index >= 15 is 0 Å². The molecule has 0 saturated heterocycles. The van der Waals surface area contributed by atoms with Crippen LogP contribution in [0.1, 0.15) is 59.9 Å². The molecule has 0 spiro atoms. The van der Waals surface area contributed by atoms with Crippen LogP contribution in [0.25, 0.3) is 10.9 Å². The first-order valence-electron chi connectivity index (χ1n) is 9.49. The summed E-state index contributed by atoms with van der Waals surface area (Å²) in [6, 6.07) is 7.99. The third kappa shape index (κ3) is 3.52. The van der Waals surface area contributed by atoms with Crippen molar-refractivity contribution in [1.82, 2.24) is 20.1 Å². The average Bonchev–Trinajstić information content (AvgIpc) is 3.28. The van der Waals surface area contributed by atoms with E-state index in [2.05, 4.69) is 22.4 Å². The Bertz CT molecular complexity index is 1010. The van der Waals surface area contributed by atoms with Gasteiger partial charge in [-0.1, -0.05) is 25.1 Å². The van der Waals surface area contributed by atoms with Crippen molar-refractivity contribution in [2.45, 2.75) is 52.1 Å². The van der Waals surface area contributed by atoms with E-state index in [1.807, 2.05) is 28.8 Å². The molecule has 1 fully saturated rings. The number of carbonyl (C=O) groups excluding carboxylic acids is 2. The van der Waals surface area contributed by atoms with Crippen LogP contribution in [-0.2, 0) is 24.3 Å². The lowest BCUT2D eigenvalue weighted by Gasteiger charge is -2.09. The largest absolute Gasteiger partial charge is 0.349 e. The van der Waals surface area contributed by atoms with Crippen molar-refractivity contribution < 1.29 is 9.59 Å². The van der Waals surface area contributed by atoms with Crippen molar-refractivity contribution in [2.24, 2.45) is 0 Å². The molecule has 6 nitrogen and oxygen atoms in total. The van der Waals surface area contributed by atoms with Crippen molar-refractivity contribution >= 4 is 22.6 Å². The second-order valence-corrected chi connectivity index (χ2v) is 7.26. The maximum absolute atomic E-state index is 12.5. The maximum atomic E-state index is 12.5. The molecule has 1 aliphatic carbocycles. The number of aromatic amines is 1. The summed E-state index contributed by atoms with van der Waals surface area (Å²) in [6.45, 7) is 4.26. The van der Waals surface area contributed by atoms with Crippen LogP contribution in [0.4, 0.5) is 0 Å². The van der Waals surface area contributed by atoms with Gasteiger partial charge in [0.1, 0.15) is 6.54 Å². The zero-order valence-electron chi connectivity index (χ0n) is 15.7. The van der Waals surface area contributed by atoms with E-state index < -0.39 is 0 Å². The number of rotatable bonds is 7. The average molecular weight is 364 g/mol. The van der Waals surface area contributed by atoms with Crippen LogP contribution in [0.5, 0.6) is 0 Å². The molecule has 2 heterocycles. The minimum absolute atomic E-state index is 0.0116. The van der Waals surface area contributed by atoms with E-state index in [-0.39, 0.29) is 18.2 Å². The fourth-order valence-corrected chi connectivity index (χ4v) is 3.59. The number of aromatic nitrogens is 3. The van der Waals surface area contributed by atoms with E-state index in [1.165, 1.54) is 12.8 Å². The first-order chi connectivity index (χ1) is 13.1. The molecule has 0 atom stereocenters. The molecule has 4 rings (SSSR count). The second-order valence-electron chi connectivity index (χ2n) is 7.26. The third-order valence-corrected chi connectivity index (χ3v) is 5.18. The molecule has 0 unspecified atom stereocenters. The van der Waals surface area contributed by atoms with E-state index in [9.17, 15) is 9.59 Å². The molecule has 1 aromatic carbocycles. The van der Waals surface area contributed by atoms with Crippen LogP contribution in [0.3, 0.4) is 0 Å². The lowest BCUT2D eigenvalue weighted by atomic mass is 10.1. The van der Waals surface area contributed by atoms with Gasteiger partial charge in [-0.05, 0) is 37.8 Å². The smallest absolute Gasteiger partial charge is 0.240 e. The number of carbonyl (C=O) groups is 2. The standard InChI is InChI=1S/C21H24N4O2/c1-3-14-5-4-6-17-18(13(2)26)11-25(21(14)17)12-20(27)22-10-16-9-19(24-23-16)15-7-8-15/h4-6,9,11,15H,3,7-8,10,12H2,1-2H3,(H,22,27)(H,23,24). The van der Waals surface area contributed by atoms with Crippen LogP contribution in [0, 0.1) is 0 Å². The number of Topliss-reactive ketones (excluding diaryl/α,β-unsaturated/α-hetero) is 1.